The van der Waals surface area contributed by atoms with Crippen molar-refractivity contribution in [3.8, 4) is 0 Å². The summed E-state index contributed by atoms with van der Waals surface area (Å²) in [5.74, 6) is 0.158. The van der Waals surface area contributed by atoms with E-state index in [1.54, 1.807) is 11.8 Å². The van der Waals surface area contributed by atoms with Crippen molar-refractivity contribution in [1.82, 2.24) is 0 Å². The predicted molar refractivity (Wildman–Crippen MR) is 79.5 cm³/mol. The third kappa shape index (κ3) is 3.18. The van der Waals surface area contributed by atoms with Gasteiger partial charge in [0, 0.05) is 18.6 Å². The topological polar surface area (TPSA) is 61.1 Å². The molecular weight excluding hydrogens is 258 g/mol. The van der Waals surface area contributed by atoms with Crippen LogP contribution in [0.15, 0.2) is 33.8 Å². The largest absolute Gasteiger partial charge is 0.511 e. The SMILES string of the molecule is CCC/C(O)=C1/C(=N)CC(C2=CSC=CC2)CC1=O. The molecule has 0 radical (unpaired) electrons. The summed E-state index contributed by atoms with van der Waals surface area (Å²) in [5.41, 5.74) is 1.81. The Labute approximate surface area is 118 Å². The first kappa shape index (κ1) is 14.1. The molecule has 0 bridgehead atoms. The zero-order valence-electron chi connectivity index (χ0n) is 11.1. The van der Waals surface area contributed by atoms with Gasteiger partial charge in [-0.15, -0.1) is 11.8 Å². The highest BCUT2D eigenvalue weighted by atomic mass is 32.2. The first-order valence-electron chi connectivity index (χ1n) is 6.66. The maximum absolute atomic E-state index is 12.2. The Kier molecular flexibility index (Phi) is 4.64. The van der Waals surface area contributed by atoms with E-state index in [1.807, 2.05) is 12.3 Å². The Morgan fingerprint density at radius 2 is 2.32 bits per heavy atom. The van der Waals surface area contributed by atoms with E-state index in [2.05, 4.69) is 11.5 Å². The van der Waals surface area contributed by atoms with E-state index in [-0.39, 0.29) is 23.0 Å². The monoisotopic (exact) mass is 277 g/mol. The summed E-state index contributed by atoms with van der Waals surface area (Å²) in [6.07, 6.45) is 5.22. The summed E-state index contributed by atoms with van der Waals surface area (Å²) < 4.78 is 0. The van der Waals surface area contributed by atoms with Gasteiger partial charge in [-0.25, -0.2) is 0 Å². The number of rotatable bonds is 3. The highest BCUT2D eigenvalue weighted by molar-refractivity contribution is 8.04. The molecule has 1 aliphatic heterocycles. The fraction of sp³-hybridized carbons (Fsp3) is 0.467. The minimum absolute atomic E-state index is 0.0762. The average molecular weight is 277 g/mol. The maximum atomic E-state index is 12.2. The minimum Gasteiger partial charge on any atom is -0.511 e. The molecule has 1 fully saturated rings. The van der Waals surface area contributed by atoms with Crippen molar-refractivity contribution >= 4 is 23.3 Å². The van der Waals surface area contributed by atoms with Crippen molar-refractivity contribution in [1.29, 1.82) is 5.41 Å². The van der Waals surface area contributed by atoms with Gasteiger partial charge in [0.15, 0.2) is 5.78 Å². The number of hydrogen-bond acceptors (Lipinski definition) is 4. The number of aliphatic hydroxyl groups is 1. The van der Waals surface area contributed by atoms with Gasteiger partial charge >= 0.3 is 0 Å². The second-order valence-electron chi connectivity index (χ2n) is 4.98. The number of thioether (sulfide) groups is 1. The van der Waals surface area contributed by atoms with Gasteiger partial charge in [0.05, 0.1) is 5.57 Å². The molecule has 1 aliphatic carbocycles. The van der Waals surface area contributed by atoms with Gasteiger partial charge < -0.3 is 10.5 Å². The number of hydrogen-bond donors (Lipinski definition) is 2. The van der Waals surface area contributed by atoms with E-state index in [0.29, 0.717) is 25.0 Å². The lowest BCUT2D eigenvalue weighted by molar-refractivity contribution is -0.116. The molecule has 2 N–H and O–H groups in total. The van der Waals surface area contributed by atoms with Crippen molar-refractivity contribution in [2.75, 3.05) is 0 Å². The molecule has 0 spiro atoms. The number of carbonyl (C=O) groups excluding carboxylic acids is 1. The van der Waals surface area contributed by atoms with Crippen LogP contribution in [0, 0.1) is 11.3 Å². The smallest absolute Gasteiger partial charge is 0.168 e. The molecule has 0 aromatic rings. The van der Waals surface area contributed by atoms with E-state index in [1.165, 1.54) is 5.57 Å². The summed E-state index contributed by atoms with van der Waals surface area (Å²) >= 11 is 1.63. The van der Waals surface area contributed by atoms with E-state index < -0.39 is 0 Å². The van der Waals surface area contributed by atoms with Crippen LogP contribution in [-0.2, 0) is 4.79 Å². The molecule has 0 saturated heterocycles. The lowest BCUT2D eigenvalue weighted by atomic mass is 9.78. The summed E-state index contributed by atoms with van der Waals surface area (Å²) in [7, 11) is 0. The predicted octanol–water partition coefficient (Wildman–Crippen LogP) is 4.13. The highest BCUT2D eigenvalue weighted by Gasteiger charge is 2.32. The molecule has 0 aromatic carbocycles. The van der Waals surface area contributed by atoms with Gasteiger partial charge in [0.1, 0.15) is 5.76 Å². The van der Waals surface area contributed by atoms with Crippen LogP contribution in [-0.4, -0.2) is 16.6 Å². The summed E-state index contributed by atoms with van der Waals surface area (Å²) in [5, 5.41) is 22.1. The van der Waals surface area contributed by atoms with Crippen molar-refractivity contribution in [2.24, 2.45) is 5.92 Å². The Hall–Kier alpha value is -1.29. The van der Waals surface area contributed by atoms with Crippen molar-refractivity contribution in [2.45, 2.75) is 39.0 Å². The zero-order valence-corrected chi connectivity index (χ0v) is 11.9. The van der Waals surface area contributed by atoms with Gasteiger partial charge in [-0.05, 0) is 36.0 Å². The highest BCUT2D eigenvalue weighted by Crippen LogP contribution is 2.35. The van der Waals surface area contributed by atoms with Gasteiger partial charge in [-0.2, -0.15) is 0 Å². The second-order valence-corrected chi connectivity index (χ2v) is 5.76. The fourth-order valence-corrected chi connectivity index (χ4v) is 3.30. The van der Waals surface area contributed by atoms with Gasteiger partial charge in [0.25, 0.3) is 0 Å². The first-order chi connectivity index (χ1) is 9.13. The normalized spacial score (nSPS) is 26.4. The second kappa shape index (κ2) is 6.24. The molecule has 2 aliphatic rings. The van der Waals surface area contributed by atoms with E-state index >= 15 is 0 Å². The molecule has 1 unspecified atom stereocenters. The third-order valence-electron chi connectivity index (χ3n) is 3.51. The molecule has 1 heterocycles. The van der Waals surface area contributed by atoms with Crippen LogP contribution in [0.25, 0.3) is 0 Å². The summed E-state index contributed by atoms with van der Waals surface area (Å²) in [4.78, 5) is 12.2. The lowest BCUT2D eigenvalue weighted by Crippen LogP contribution is -2.28. The molecule has 19 heavy (non-hydrogen) atoms. The zero-order chi connectivity index (χ0) is 13.8. The number of carbonyl (C=O) groups is 1. The fourth-order valence-electron chi connectivity index (χ4n) is 2.55. The van der Waals surface area contributed by atoms with Crippen LogP contribution in [0.5, 0.6) is 0 Å². The number of allylic oxidation sites excluding steroid dienone is 4. The van der Waals surface area contributed by atoms with Crippen LogP contribution in [0.1, 0.15) is 39.0 Å². The molecule has 3 nitrogen and oxygen atoms in total. The summed E-state index contributed by atoms with van der Waals surface area (Å²) in [6.45, 7) is 1.95. The van der Waals surface area contributed by atoms with E-state index in [4.69, 9.17) is 5.41 Å². The Bertz CT molecular complexity index is 468. The molecule has 1 atom stereocenters. The number of ketones is 1. The number of nitrogens with one attached hydrogen (secondary N) is 1. The van der Waals surface area contributed by atoms with Crippen molar-refractivity contribution in [3.05, 3.63) is 33.8 Å². The Morgan fingerprint density at radius 1 is 1.53 bits per heavy atom. The van der Waals surface area contributed by atoms with E-state index in [0.717, 1.165) is 12.8 Å². The quantitative estimate of drug-likeness (QED) is 0.602. The molecule has 0 amide bonds. The summed E-state index contributed by atoms with van der Waals surface area (Å²) in [6, 6.07) is 0. The van der Waals surface area contributed by atoms with Crippen molar-refractivity contribution in [3.63, 3.8) is 0 Å². The van der Waals surface area contributed by atoms with Crippen LogP contribution >= 0.6 is 11.8 Å². The number of aliphatic hydroxyl groups excluding tert-OH is 1. The van der Waals surface area contributed by atoms with Crippen LogP contribution in [0.4, 0.5) is 0 Å². The van der Waals surface area contributed by atoms with Crippen LogP contribution in [0.2, 0.25) is 0 Å². The molecular formula is C15H19NO2S. The molecule has 0 aromatic heterocycles. The lowest BCUT2D eigenvalue weighted by Gasteiger charge is -2.27. The molecule has 2 rings (SSSR count). The Morgan fingerprint density at radius 3 is 2.89 bits per heavy atom. The maximum Gasteiger partial charge on any atom is 0.168 e. The van der Waals surface area contributed by atoms with Crippen molar-refractivity contribution < 1.29 is 9.90 Å². The first-order valence-corrected chi connectivity index (χ1v) is 7.60. The van der Waals surface area contributed by atoms with Gasteiger partial charge in [0.2, 0.25) is 0 Å². The minimum atomic E-state index is -0.0762. The van der Waals surface area contributed by atoms with Crippen LogP contribution in [0.3, 0.4) is 0 Å². The number of Topliss-reactive ketones (excluding diaryl/α,β-unsaturated/α-hetero) is 1. The van der Waals surface area contributed by atoms with Gasteiger partial charge in [-0.3, -0.25) is 4.79 Å². The molecule has 1 saturated carbocycles. The van der Waals surface area contributed by atoms with Crippen LogP contribution < -0.4 is 0 Å². The van der Waals surface area contributed by atoms with Gasteiger partial charge in [-0.1, -0.05) is 18.6 Å². The molecule has 102 valence electrons. The van der Waals surface area contributed by atoms with E-state index in [9.17, 15) is 9.90 Å². The standard InChI is InChI=1S/C15H19NO2S/c1-2-4-13(17)15-12(16)7-11(8-14(15)18)10-5-3-6-19-9-10/h3,6,9,11,16-17H,2,4-5,7-8H2,1H3/b15-13+,16-12?. The molecule has 4 heteroatoms. The average Bonchev–Trinajstić information content (AvgIpc) is 2.39. The third-order valence-corrected chi connectivity index (χ3v) is 4.30. The Balaban J connectivity index is 2.15.